The van der Waals surface area contributed by atoms with E-state index in [4.69, 9.17) is 22.1 Å². The molecule has 0 heterocycles. The molecular weight excluding hydrogens is 322 g/mol. The number of halogens is 1. The maximum Gasteiger partial charge on any atom is 0.421 e. The molecule has 1 atom stereocenters. The Balaban J connectivity index is 3.23. The smallest absolute Gasteiger partial charge is 0.421 e. The molecule has 3 N–H and O–H groups in total. The Bertz CT molecular complexity index is 606. The fraction of sp³-hybridized carbons (Fsp3) is 0.400. The normalized spacial score (nSPS) is 11.5. The minimum Gasteiger partial charge on any atom is -0.452 e. The van der Waals surface area contributed by atoms with Crippen molar-refractivity contribution in [2.24, 2.45) is 5.73 Å². The van der Waals surface area contributed by atoms with Crippen molar-refractivity contribution in [2.75, 3.05) is 18.6 Å². The van der Waals surface area contributed by atoms with Gasteiger partial charge in [-0.3, -0.25) is 4.79 Å². The van der Waals surface area contributed by atoms with Crippen molar-refractivity contribution < 1.29 is 19.1 Å². The molecular formula is C15H20ClN3O4. The zero-order valence-electron chi connectivity index (χ0n) is 13.3. The van der Waals surface area contributed by atoms with Gasteiger partial charge in [0.05, 0.1) is 12.8 Å². The van der Waals surface area contributed by atoms with Gasteiger partial charge in [-0.2, -0.15) is 0 Å². The van der Waals surface area contributed by atoms with Gasteiger partial charge in [0.2, 0.25) is 0 Å². The summed E-state index contributed by atoms with van der Waals surface area (Å²) in [6.07, 6.45) is -0.228. The minimum absolute atomic E-state index is 0.198. The van der Waals surface area contributed by atoms with Crippen molar-refractivity contribution in [1.82, 2.24) is 5.32 Å². The third-order valence-electron chi connectivity index (χ3n) is 3.23. The highest BCUT2D eigenvalue weighted by atomic mass is 35.5. The first-order valence-electron chi connectivity index (χ1n) is 7.01. The van der Waals surface area contributed by atoms with Crippen LogP contribution in [0.25, 0.3) is 0 Å². The van der Waals surface area contributed by atoms with Crippen LogP contribution in [0.2, 0.25) is 0 Å². The van der Waals surface area contributed by atoms with E-state index in [9.17, 15) is 14.4 Å². The number of primary amides is 1. The van der Waals surface area contributed by atoms with Crippen LogP contribution in [0, 0.1) is 6.92 Å². The summed E-state index contributed by atoms with van der Waals surface area (Å²) in [7, 11) is 1.18. The van der Waals surface area contributed by atoms with E-state index >= 15 is 0 Å². The molecule has 1 unspecified atom stereocenters. The van der Waals surface area contributed by atoms with Crippen molar-refractivity contribution in [3.63, 3.8) is 0 Å². The van der Waals surface area contributed by atoms with Crippen LogP contribution in [0.15, 0.2) is 18.2 Å². The quantitative estimate of drug-likeness (QED) is 0.799. The van der Waals surface area contributed by atoms with Crippen LogP contribution in [0.4, 0.5) is 15.3 Å². The number of benzene rings is 1. The maximum atomic E-state index is 12.6. The molecule has 0 fully saturated rings. The van der Waals surface area contributed by atoms with Crippen LogP contribution in [-0.4, -0.2) is 37.1 Å². The zero-order valence-corrected chi connectivity index (χ0v) is 14.0. The summed E-state index contributed by atoms with van der Waals surface area (Å²) in [4.78, 5) is 36.4. The van der Waals surface area contributed by atoms with Gasteiger partial charge in [-0.05, 0) is 24.5 Å². The third kappa shape index (κ3) is 4.59. The topological polar surface area (TPSA) is 102 Å². The van der Waals surface area contributed by atoms with Gasteiger partial charge >= 0.3 is 12.1 Å². The van der Waals surface area contributed by atoms with E-state index in [0.29, 0.717) is 12.1 Å². The molecule has 23 heavy (non-hydrogen) atoms. The van der Waals surface area contributed by atoms with Crippen molar-refractivity contribution in [3.05, 3.63) is 29.3 Å². The first-order chi connectivity index (χ1) is 10.8. The molecule has 0 aliphatic rings. The number of anilines is 1. The molecule has 0 radical (unpaired) electrons. The number of para-hydroxylation sites is 1. The van der Waals surface area contributed by atoms with E-state index in [1.807, 2.05) is 19.1 Å². The van der Waals surface area contributed by atoms with E-state index in [-0.39, 0.29) is 6.54 Å². The lowest BCUT2D eigenvalue weighted by Crippen LogP contribution is -2.47. The van der Waals surface area contributed by atoms with E-state index in [2.05, 4.69) is 5.32 Å². The van der Waals surface area contributed by atoms with Gasteiger partial charge in [-0.15, -0.1) is 11.6 Å². The van der Waals surface area contributed by atoms with Crippen LogP contribution in [0.3, 0.4) is 0 Å². The Hall–Kier alpha value is -2.28. The van der Waals surface area contributed by atoms with E-state index in [1.165, 1.54) is 7.11 Å². The van der Waals surface area contributed by atoms with Crippen LogP contribution in [-0.2, 0) is 16.0 Å². The molecule has 0 aliphatic carbocycles. The molecule has 0 bridgehead atoms. The molecule has 1 aromatic rings. The molecule has 0 saturated carbocycles. The lowest BCUT2D eigenvalue weighted by molar-refractivity contribution is -0.117. The number of hydrogen-bond acceptors (Lipinski definition) is 4. The summed E-state index contributed by atoms with van der Waals surface area (Å²) in [5.74, 6) is -0.698. The second-order valence-corrected chi connectivity index (χ2v) is 5.32. The number of carbonyl (C=O) groups excluding carboxylic acids is 3. The predicted octanol–water partition coefficient (Wildman–Crippen LogP) is 1.93. The first-order valence-corrected chi connectivity index (χ1v) is 7.44. The number of ether oxygens (including phenoxy) is 1. The summed E-state index contributed by atoms with van der Waals surface area (Å²) >= 11 is 6.00. The number of nitrogens with one attached hydrogen (secondary N) is 1. The number of nitrogens with zero attached hydrogens (tertiary/aromatic N) is 1. The number of alkyl halides is 1. The summed E-state index contributed by atoms with van der Waals surface area (Å²) in [5, 5.41) is 1.08. The van der Waals surface area contributed by atoms with Crippen molar-refractivity contribution in [3.8, 4) is 0 Å². The van der Waals surface area contributed by atoms with Gasteiger partial charge in [-0.1, -0.05) is 25.1 Å². The standard InChI is InChI=1S/C15H20ClN3O4/c1-4-10-7-5-6-9(2)12(10)19(15(22)23-3)13(20)11(16)8-18-14(17)21/h5-7,11H,4,8H2,1-3H3,(H3,17,18,21). The number of nitrogens with two attached hydrogens (primary N) is 1. The molecule has 0 aromatic heterocycles. The molecule has 7 nitrogen and oxygen atoms in total. The van der Waals surface area contributed by atoms with E-state index in [1.54, 1.807) is 13.0 Å². The summed E-state index contributed by atoms with van der Waals surface area (Å²) in [5.41, 5.74) is 6.93. The zero-order chi connectivity index (χ0) is 17.6. The number of amides is 4. The highest BCUT2D eigenvalue weighted by Gasteiger charge is 2.32. The molecule has 1 rings (SSSR count). The molecule has 126 valence electrons. The van der Waals surface area contributed by atoms with E-state index in [0.717, 1.165) is 16.0 Å². The monoisotopic (exact) mass is 341 g/mol. The number of carbonyl (C=O) groups is 3. The molecule has 0 saturated heterocycles. The van der Waals surface area contributed by atoms with Gasteiger partial charge in [0.15, 0.2) is 0 Å². The van der Waals surface area contributed by atoms with Crippen molar-refractivity contribution in [2.45, 2.75) is 25.6 Å². The highest BCUT2D eigenvalue weighted by molar-refractivity contribution is 6.36. The third-order valence-corrected chi connectivity index (χ3v) is 3.57. The molecule has 0 spiro atoms. The molecule has 0 aliphatic heterocycles. The van der Waals surface area contributed by atoms with Gasteiger partial charge < -0.3 is 15.8 Å². The first kappa shape index (κ1) is 18.8. The number of hydrogen-bond donors (Lipinski definition) is 2. The average Bonchev–Trinajstić information content (AvgIpc) is 2.53. The van der Waals surface area contributed by atoms with E-state index < -0.39 is 23.4 Å². The van der Waals surface area contributed by atoms with Gasteiger partial charge in [0.1, 0.15) is 5.38 Å². The Morgan fingerprint density at radius 1 is 1.39 bits per heavy atom. The summed E-state index contributed by atoms with van der Waals surface area (Å²) in [6, 6.07) is 4.63. The maximum absolute atomic E-state index is 12.6. The number of methoxy groups -OCH3 is 1. The second-order valence-electron chi connectivity index (χ2n) is 4.79. The minimum atomic E-state index is -1.16. The Morgan fingerprint density at radius 3 is 2.57 bits per heavy atom. The molecule has 4 amide bonds. The van der Waals surface area contributed by atoms with Crippen molar-refractivity contribution in [1.29, 1.82) is 0 Å². The Morgan fingerprint density at radius 2 is 2.04 bits per heavy atom. The second kappa shape index (κ2) is 8.38. The predicted molar refractivity (Wildman–Crippen MR) is 87.7 cm³/mol. The fourth-order valence-electron chi connectivity index (χ4n) is 2.13. The van der Waals surface area contributed by atoms with Gasteiger partial charge in [0, 0.05) is 6.54 Å². The Kier molecular flexibility index (Phi) is 6.84. The number of urea groups is 1. The Labute approximate surface area is 139 Å². The van der Waals surface area contributed by atoms with Crippen molar-refractivity contribution >= 4 is 35.3 Å². The van der Waals surface area contributed by atoms with Crippen LogP contribution in [0.1, 0.15) is 18.1 Å². The lowest BCUT2D eigenvalue weighted by atomic mass is 10.0. The fourth-order valence-corrected chi connectivity index (χ4v) is 2.30. The summed E-state index contributed by atoms with van der Waals surface area (Å²) in [6.45, 7) is 3.49. The number of aryl methyl sites for hydroxylation is 2. The number of imide groups is 1. The largest absolute Gasteiger partial charge is 0.452 e. The van der Waals surface area contributed by atoms with Crippen LogP contribution in [0.5, 0.6) is 0 Å². The lowest BCUT2D eigenvalue weighted by Gasteiger charge is -2.25. The summed E-state index contributed by atoms with van der Waals surface area (Å²) < 4.78 is 4.71. The number of rotatable bonds is 5. The van der Waals surface area contributed by atoms with Gasteiger partial charge in [-0.25, -0.2) is 14.5 Å². The van der Waals surface area contributed by atoms with Crippen LogP contribution >= 0.6 is 11.6 Å². The SMILES string of the molecule is CCc1cccc(C)c1N(C(=O)OC)C(=O)C(Cl)CNC(N)=O. The highest BCUT2D eigenvalue weighted by Crippen LogP contribution is 2.27. The molecule has 1 aromatic carbocycles. The molecule has 8 heteroatoms. The average molecular weight is 342 g/mol. The van der Waals surface area contributed by atoms with Crippen LogP contribution < -0.4 is 16.0 Å². The van der Waals surface area contributed by atoms with Gasteiger partial charge in [0.25, 0.3) is 5.91 Å².